The highest BCUT2D eigenvalue weighted by Gasteiger charge is 2.42. The Kier molecular flexibility index (Phi) is 6.43. The third-order valence-corrected chi connectivity index (χ3v) is 4.27. The van der Waals surface area contributed by atoms with Crippen molar-refractivity contribution in [3.05, 3.63) is 0 Å². The van der Waals surface area contributed by atoms with E-state index in [0.717, 1.165) is 11.8 Å². The molecule has 0 spiro atoms. The van der Waals surface area contributed by atoms with E-state index in [9.17, 15) is 19.5 Å². The molecule has 1 fully saturated rings. The van der Waals surface area contributed by atoms with Crippen LogP contribution in [0.3, 0.4) is 0 Å². The number of thioether (sulfide) groups is 1. The molecule has 1 amide bonds. The third-order valence-electron chi connectivity index (χ3n) is 3.20. The molecule has 1 rings (SSSR count). The molecule has 1 saturated heterocycles. The van der Waals surface area contributed by atoms with Crippen molar-refractivity contribution < 1.29 is 24.2 Å². The van der Waals surface area contributed by atoms with Crippen LogP contribution in [0.25, 0.3) is 0 Å². The molecule has 1 N–H and O–H groups in total. The van der Waals surface area contributed by atoms with E-state index in [1.807, 2.05) is 0 Å². The number of rotatable bonds is 4. The van der Waals surface area contributed by atoms with Gasteiger partial charge in [-0.1, -0.05) is 18.7 Å². The molecule has 0 aromatic carbocycles. The number of aliphatic hydroxyl groups is 1. The highest BCUT2D eigenvalue weighted by molar-refractivity contribution is 8.13. The Morgan fingerprint density at radius 2 is 1.95 bits per heavy atom. The van der Waals surface area contributed by atoms with E-state index in [0.29, 0.717) is 5.75 Å². The molecular weight excluding hydrogens is 306 g/mol. The number of likely N-dealkylation sites (tertiary alicyclic amines) is 1. The minimum atomic E-state index is -0.758. The lowest BCUT2D eigenvalue weighted by atomic mass is 10.1. The van der Waals surface area contributed by atoms with Crippen molar-refractivity contribution in [2.75, 3.05) is 12.3 Å². The summed E-state index contributed by atoms with van der Waals surface area (Å²) in [6.45, 7) is 8.57. The van der Waals surface area contributed by atoms with E-state index in [1.165, 1.54) is 11.8 Å². The quantitative estimate of drug-likeness (QED) is 0.780. The van der Waals surface area contributed by atoms with Gasteiger partial charge in [0.05, 0.1) is 6.10 Å². The number of esters is 1. The van der Waals surface area contributed by atoms with Gasteiger partial charge in [-0.2, -0.15) is 0 Å². The van der Waals surface area contributed by atoms with Crippen molar-refractivity contribution in [2.24, 2.45) is 5.92 Å². The van der Waals surface area contributed by atoms with Gasteiger partial charge in [-0.05, 0) is 20.8 Å². The molecule has 1 heterocycles. The van der Waals surface area contributed by atoms with Gasteiger partial charge in [0, 0.05) is 31.6 Å². The fraction of sp³-hybridized carbons (Fsp3) is 0.800. The van der Waals surface area contributed by atoms with Crippen LogP contribution in [0.2, 0.25) is 0 Å². The lowest BCUT2D eigenvalue weighted by molar-refractivity contribution is -0.163. The van der Waals surface area contributed by atoms with Crippen LogP contribution in [0.4, 0.5) is 0 Å². The van der Waals surface area contributed by atoms with Crippen LogP contribution in [-0.2, 0) is 19.1 Å². The Labute approximate surface area is 135 Å². The van der Waals surface area contributed by atoms with Crippen LogP contribution < -0.4 is 0 Å². The number of hydrogen-bond acceptors (Lipinski definition) is 6. The van der Waals surface area contributed by atoms with E-state index in [-0.39, 0.29) is 24.0 Å². The Balaban J connectivity index is 2.75. The maximum Gasteiger partial charge on any atom is 0.329 e. The summed E-state index contributed by atoms with van der Waals surface area (Å²) in [5, 5.41) is 9.75. The number of hydrogen-bond donors (Lipinski definition) is 1. The Morgan fingerprint density at radius 3 is 2.45 bits per heavy atom. The van der Waals surface area contributed by atoms with Crippen molar-refractivity contribution in [3.63, 3.8) is 0 Å². The van der Waals surface area contributed by atoms with E-state index in [2.05, 4.69) is 0 Å². The van der Waals surface area contributed by atoms with E-state index in [4.69, 9.17) is 4.74 Å². The monoisotopic (exact) mass is 331 g/mol. The van der Waals surface area contributed by atoms with Crippen LogP contribution in [0, 0.1) is 5.92 Å². The number of aliphatic hydroxyl groups excluding tert-OH is 1. The maximum absolute atomic E-state index is 12.5. The normalized spacial score (nSPS) is 23.3. The molecular formula is C15H25NO5S. The smallest absolute Gasteiger partial charge is 0.329 e. The minimum Gasteiger partial charge on any atom is -0.458 e. The summed E-state index contributed by atoms with van der Waals surface area (Å²) in [6, 6.07) is -0.758. The molecule has 126 valence electrons. The Morgan fingerprint density at radius 1 is 1.36 bits per heavy atom. The maximum atomic E-state index is 12.5. The van der Waals surface area contributed by atoms with Crippen LogP contribution in [0.1, 0.15) is 41.0 Å². The van der Waals surface area contributed by atoms with Crippen molar-refractivity contribution in [1.29, 1.82) is 0 Å². The molecule has 0 bridgehead atoms. The largest absolute Gasteiger partial charge is 0.458 e. The molecule has 0 radical (unpaired) electrons. The molecule has 7 heteroatoms. The molecule has 0 aromatic heterocycles. The van der Waals surface area contributed by atoms with E-state index < -0.39 is 29.6 Å². The number of carbonyl (C=O) groups excluding carboxylic acids is 3. The summed E-state index contributed by atoms with van der Waals surface area (Å²) in [6.07, 6.45) is -0.540. The van der Waals surface area contributed by atoms with Gasteiger partial charge >= 0.3 is 5.97 Å². The summed E-state index contributed by atoms with van der Waals surface area (Å²) >= 11 is 1.08. The van der Waals surface area contributed by atoms with Crippen molar-refractivity contribution in [1.82, 2.24) is 4.90 Å². The molecule has 0 aromatic rings. The zero-order valence-corrected chi connectivity index (χ0v) is 14.6. The topological polar surface area (TPSA) is 83.9 Å². The highest BCUT2D eigenvalue weighted by atomic mass is 32.2. The van der Waals surface area contributed by atoms with E-state index in [1.54, 1.807) is 27.7 Å². The number of β-amino-alcohol motifs (C(OH)–C–C–N with tert-alkyl or cyclic N) is 1. The number of carbonyl (C=O) groups is 3. The van der Waals surface area contributed by atoms with Crippen molar-refractivity contribution >= 4 is 28.8 Å². The standard InChI is InChI=1S/C15H25NO5S/c1-9(8-22-10(2)17)13(19)16-7-11(18)6-12(16)14(20)21-15(3,4)5/h9,11-12,18H,6-8H2,1-5H3/t9?,11-,12+/m1/s1. The van der Waals surface area contributed by atoms with Crippen molar-refractivity contribution in [3.8, 4) is 0 Å². The van der Waals surface area contributed by atoms with Gasteiger partial charge in [0.1, 0.15) is 11.6 Å². The average Bonchev–Trinajstić information content (AvgIpc) is 2.75. The summed E-state index contributed by atoms with van der Waals surface area (Å²) in [5.74, 6) is -0.768. The number of ether oxygens (including phenoxy) is 1. The van der Waals surface area contributed by atoms with Crippen LogP contribution >= 0.6 is 11.8 Å². The highest BCUT2D eigenvalue weighted by Crippen LogP contribution is 2.24. The van der Waals surface area contributed by atoms with Gasteiger partial charge < -0.3 is 14.7 Å². The molecule has 6 nitrogen and oxygen atoms in total. The first-order valence-corrected chi connectivity index (χ1v) is 8.34. The Bertz CT molecular complexity index is 446. The third kappa shape index (κ3) is 5.61. The second-order valence-electron chi connectivity index (χ2n) is 6.63. The summed E-state index contributed by atoms with van der Waals surface area (Å²) in [5.41, 5.74) is -0.643. The first-order valence-electron chi connectivity index (χ1n) is 7.36. The molecule has 0 saturated carbocycles. The lowest BCUT2D eigenvalue weighted by Gasteiger charge is -2.28. The average molecular weight is 331 g/mol. The van der Waals surface area contributed by atoms with Gasteiger partial charge in [0.25, 0.3) is 0 Å². The summed E-state index contributed by atoms with van der Waals surface area (Å²) < 4.78 is 5.33. The van der Waals surface area contributed by atoms with Crippen LogP contribution in [-0.4, -0.2) is 57.0 Å². The predicted molar refractivity (Wildman–Crippen MR) is 84.3 cm³/mol. The van der Waals surface area contributed by atoms with Gasteiger partial charge in [-0.3, -0.25) is 9.59 Å². The van der Waals surface area contributed by atoms with Crippen LogP contribution in [0.15, 0.2) is 0 Å². The predicted octanol–water partition coefficient (Wildman–Crippen LogP) is 1.21. The Hall–Kier alpha value is -1.08. The van der Waals surface area contributed by atoms with Gasteiger partial charge in [0.2, 0.25) is 5.91 Å². The second kappa shape index (κ2) is 7.46. The molecule has 1 aliphatic rings. The first-order chi connectivity index (χ1) is 10.0. The van der Waals surface area contributed by atoms with Gasteiger partial charge in [-0.25, -0.2) is 4.79 Å². The molecule has 0 aliphatic carbocycles. The fourth-order valence-corrected chi connectivity index (χ4v) is 2.87. The molecule has 3 atom stereocenters. The van der Waals surface area contributed by atoms with Crippen LogP contribution in [0.5, 0.6) is 0 Å². The summed E-state index contributed by atoms with van der Waals surface area (Å²) in [7, 11) is 0. The fourth-order valence-electron chi connectivity index (χ4n) is 2.25. The van der Waals surface area contributed by atoms with Gasteiger partial charge in [0.15, 0.2) is 5.12 Å². The van der Waals surface area contributed by atoms with Gasteiger partial charge in [-0.15, -0.1) is 0 Å². The lowest BCUT2D eigenvalue weighted by Crippen LogP contribution is -2.46. The van der Waals surface area contributed by atoms with E-state index >= 15 is 0 Å². The number of nitrogens with zero attached hydrogens (tertiary/aromatic N) is 1. The zero-order valence-electron chi connectivity index (χ0n) is 13.8. The first kappa shape index (κ1) is 19.0. The minimum absolute atomic E-state index is 0.0511. The SMILES string of the molecule is CC(=O)SCC(C)C(=O)N1C[C@H](O)C[C@H]1C(=O)OC(C)(C)C. The number of amides is 1. The second-order valence-corrected chi connectivity index (χ2v) is 7.83. The molecule has 1 aliphatic heterocycles. The van der Waals surface area contributed by atoms with Crippen molar-refractivity contribution in [2.45, 2.75) is 58.8 Å². The molecule has 22 heavy (non-hydrogen) atoms. The zero-order chi connectivity index (χ0) is 17.1. The summed E-state index contributed by atoms with van der Waals surface area (Å²) in [4.78, 5) is 37.1. The molecule has 1 unspecified atom stereocenters.